The molecule has 4 heteroatoms. The second kappa shape index (κ2) is 6.36. The third-order valence-electron chi connectivity index (χ3n) is 12.0. The zero-order valence-corrected chi connectivity index (χ0v) is 19.9. The third-order valence-corrected chi connectivity index (χ3v) is 12.0. The van der Waals surface area contributed by atoms with E-state index in [1.807, 2.05) is 6.92 Å². The number of esters is 1. The van der Waals surface area contributed by atoms with Gasteiger partial charge in [-0.05, 0) is 87.4 Å². The van der Waals surface area contributed by atoms with Crippen molar-refractivity contribution in [3.05, 3.63) is 0 Å². The van der Waals surface area contributed by atoms with E-state index in [9.17, 15) is 9.59 Å². The van der Waals surface area contributed by atoms with Crippen LogP contribution in [0.2, 0.25) is 0 Å². The number of carbonyl (C=O) groups excluding carboxylic acids is 2. The molecule has 0 aromatic carbocycles. The van der Waals surface area contributed by atoms with Gasteiger partial charge in [0.05, 0.1) is 6.10 Å². The van der Waals surface area contributed by atoms with Gasteiger partial charge in [0, 0.05) is 24.2 Å². The molecule has 1 heterocycles. The first-order valence-electron chi connectivity index (χ1n) is 13.0. The van der Waals surface area contributed by atoms with Crippen molar-refractivity contribution in [3.8, 4) is 0 Å². The van der Waals surface area contributed by atoms with Crippen LogP contribution in [0.5, 0.6) is 0 Å². The quantitative estimate of drug-likeness (QED) is 0.432. The van der Waals surface area contributed by atoms with Crippen LogP contribution < -0.4 is 0 Å². The van der Waals surface area contributed by atoms with Crippen molar-refractivity contribution in [1.82, 2.24) is 0 Å². The highest BCUT2D eigenvalue weighted by atomic mass is 16.6. The van der Waals surface area contributed by atoms with Gasteiger partial charge in [0.1, 0.15) is 17.5 Å². The average Bonchev–Trinajstić information content (AvgIpc) is 3.33. The summed E-state index contributed by atoms with van der Waals surface area (Å²) in [5, 5.41) is 0. The number of hydrogen-bond acceptors (Lipinski definition) is 4. The van der Waals surface area contributed by atoms with Crippen LogP contribution in [-0.2, 0) is 19.1 Å². The Morgan fingerprint density at radius 1 is 0.903 bits per heavy atom. The predicted molar refractivity (Wildman–Crippen MR) is 117 cm³/mol. The molecule has 6 aliphatic rings. The largest absolute Gasteiger partial charge is 0.462 e. The van der Waals surface area contributed by atoms with Crippen LogP contribution in [0.1, 0.15) is 98.3 Å². The van der Waals surface area contributed by atoms with Gasteiger partial charge in [-0.3, -0.25) is 9.59 Å². The van der Waals surface area contributed by atoms with Crippen LogP contribution in [0, 0.1) is 39.9 Å². The molecule has 0 aromatic heterocycles. The first-order chi connectivity index (χ1) is 14.7. The maximum atomic E-state index is 13.2. The molecular formula is C27H40O4. The highest BCUT2D eigenvalue weighted by Gasteiger charge is 2.78. The molecule has 0 N–H and O–H groups in total. The second-order valence-corrected chi connectivity index (χ2v) is 12.7. The molecule has 10 atom stereocenters. The molecule has 0 radical (unpaired) electrons. The summed E-state index contributed by atoms with van der Waals surface area (Å²) in [5.41, 5.74) is 0.235. The second-order valence-electron chi connectivity index (χ2n) is 12.7. The Kier molecular flexibility index (Phi) is 4.25. The Balaban J connectivity index is 1.33. The van der Waals surface area contributed by atoms with Crippen molar-refractivity contribution in [2.75, 3.05) is 0 Å². The van der Waals surface area contributed by atoms with Gasteiger partial charge in [-0.25, -0.2) is 0 Å². The molecule has 6 rings (SSSR count). The van der Waals surface area contributed by atoms with Crippen molar-refractivity contribution in [2.24, 2.45) is 39.9 Å². The zero-order chi connectivity index (χ0) is 21.8. The fraction of sp³-hybridized carbons (Fsp3) is 0.926. The number of carbonyl (C=O) groups is 2. The summed E-state index contributed by atoms with van der Waals surface area (Å²) in [6.07, 6.45) is 13.1. The molecule has 1 spiro atoms. The molecule has 5 aliphatic carbocycles. The fourth-order valence-electron chi connectivity index (χ4n) is 10.8. The monoisotopic (exact) mass is 428 g/mol. The van der Waals surface area contributed by atoms with Crippen molar-refractivity contribution >= 4 is 11.8 Å². The van der Waals surface area contributed by atoms with Crippen LogP contribution >= 0.6 is 0 Å². The number of rotatable bonds is 2. The lowest BCUT2D eigenvalue weighted by Crippen LogP contribution is -2.60. The number of ether oxygens (including phenoxy) is 2. The Morgan fingerprint density at radius 2 is 1.68 bits per heavy atom. The molecule has 1 aliphatic heterocycles. The minimum atomic E-state index is -0.160. The fourth-order valence-corrected chi connectivity index (χ4v) is 10.8. The molecule has 1 saturated heterocycles. The Bertz CT molecular complexity index is 822. The van der Waals surface area contributed by atoms with E-state index in [0.29, 0.717) is 35.6 Å². The molecule has 0 bridgehead atoms. The minimum Gasteiger partial charge on any atom is -0.462 e. The maximum absolute atomic E-state index is 13.2. The van der Waals surface area contributed by atoms with Gasteiger partial charge >= 0.3 is 5.97 Å². The van der Waals surface area contributed by atoms with Crippen LogP contribution in [0.4, 0.5) is 0 Å². The van der Waals surface area contributed by atoms with E-state index >= 15 is 0 Å². The van der Waals surface area contributed by atoms with Crippen LogP contribution in [0.15, 0.2) is 0 Å². The zero-order valence-electron chi connectivity index (χ0n) is 19.9. The van der Waals surface area contributed by atoms with Gasteiger partial charge in [-0.1, -0.05) is 26.7 Å². The smallest absolute Gasteiger partial charge is 0.302 e. The van der Waals surface area contributed by atoms with Crippen LogP contribution in [0.25, 0.3) is 0 Å². The van der Waals surface area contributed by atoms with E-state index in [1.165, 1.54) is 45.4 Å². The van der Waals surface area contributed by atoms with E-state index in [0.717, 1.165) is 32.1 Å². The minimum absolute atomic E-state index is 0.0244. The number of fused-ring (bicyclic) bond motifs is 6. The first kappa shape index (κ1) is 20.7. The van der Waals surface area contributed by atoms with Crippen molar-refractivity contribution in [2.45, 2.75) is 116 Å². The summed E-state index contributed by atoms with van der Waals surface area (Å²) < 4.78 is 12.2. The van der Waals surface area contributed by atoms with E-state index < -0.39 is 0 Å². The third kappa shape index (κ3) is 2.36. The van der Waals surface area contributed by atoms with Gasteiger partial charge < -0.3 is 9.47 Å². The molecule has 0 aromatic rings. The summed E-state index contributed by atoms with van der Waals surface area (Å²) in [5.74, 6) is 2.98. The summed E-state index contributed by atoms with van der Waals surface area (Å²) in [6.45, 7) is 8.45. The summed E-state index contributed by atoms with van der Waals surface area (Å²) in [7, 11) is 0. The SMILES string of the molecule is CC(=O)O[C@@H]1CC[C@]2(C)[C@@H]3CC[C@@]4(C)[C@H](C[C@@H]5CCCC[C@]54C(C)=O)[C@@H]3C[C@@H]3O[C@@]32C1. The van der Waals surface area contributed by atoms with Gasteiger partial charge in [-0.15, -0.1) is 0 Å². The van der Waals surface area contributed by atoms with Crippen molar-refractivity contribution in [1.29, 1.82) is 0 Å². The Morgan fingerprint density at radius 3 is 2.42 bits per heavy atom. The summed E-state index contributed by atoms with van der Waals surface area (Å²) >= 11 is 0. The lowest BCUT2D eigenvalue weighted by molar-refractivity contribution is -0.163. The molecule has 4 nitrogen and oxygen atoms in total. The number of Topliss-reactive ketones (excluding diaryl/α,β-unsaturated/α-hetero) is 1. The van der Waals surface area contributed by atoms with Crippen molar-refractivity contribution < 1.29 is 19.1 Å². The Labute approximate surface area is 187 Å². The molecule has 0 amide bonds. The van der Waals surface area contributed by atoms with Crippen LogP contribution in [-0.4, -0.2) is 29.6 Å². The summed E-state index contributed by atoms with van der Waals surface area (Å²) in [4.78, 5) is 24.8. The molecule has 0 unspecified atom stereocenters. The molecular weight excluding hydrogens is 388 g/mol. The highest BCUT2D eigenvalue weighted by Crippen LogP contribution is 2.77. The Hall–Kier alpha value is -0.900. The number of ketones is 1. The lowest BCUT2D eigenvalue weighted by atomic mass is 9.42. The van der Waals surface area contributed by atoms with Crippen LogP contribution in [0.3, 0.4) is 0 Å². The first-order valence-corrected chi connectivity index (χ1v) is 13.0. The van der Waals surface area contributed by atoms with Gasteiger partial charge in [0.25, 0.3) is 0 Å². The maximum Gasteiger partial charge on any atom is 0.302 e. The lowest BCUT2D eigenvalue weighted by Gasteiger charge is -2.61. The number of hydrogen-bond donors (Lipinski definition) is 0. The highest BCUT2D eigenvalue weighted by molar-refractivity contribution is 5.84. The molecule has 6 fully saturated rings. The average molecular weight is 429 g/mol. The normalized spacial score (nSPS) is 56.9. The summed E-state index contributed by atoms with van der Waals surface area (Å²) in [6, 6.07) is 0. The van der Waals surface area contributed by atoms with Gasteiger partial charge in [0.15, 0.2) is 0 Å². The van der Waals surface area contributed by atoms with Gasteiger partial charge in [-0.2, -0.15) is 0 Å². The van der Waals surface area contributed by atoms with E-state index in [-0.39, 0.29) is 33.9 Å². The topological polar surface area (TPSA) is 55.9 Å². The molecule has 31 heavy (non-hydrogen) atoms. The molecule has 172 valence electrons. The van der Waals surface area contributed by atoms with Gasteiger partial charge in [0.2, 0.25) is 0 Å². The standard InChI is InChI=1S/C27H40O4/c1-16(28)26-10-6-5-7-18(26)13-22-20-14-23-27(31-23)15-19(30-17(2)29)8-11-25(27,4)21(20)9-12-24(22,26)3/h18-23H,5-15H2,1-4H3/t18-,19+,20+,21+,22+,23-,24-,25+,26-,27-/m0/s1. The number of epoxide rings is 1. The molecule has 5 saturated carbocycles. The van der Waals surface area contributed by atoms with Crippen molar-refractivity contribution in [3.63, 3.8) is 0 Å². The predicted octanol–water partition coefficient (Wildman–Crippen LogP) is 5.47. The van der Waals surface area contributed by atoms with E-state index in [2.05, 4.69) is 13.8 Å². The van der Waals surface area contributed by atoms with E-state index in [1.54, 1.807) is 0 Å². The van der Waals surface area contributed by atoms with E-state index in [4.69, 9.17) is 9.47 Å².